The largest absolute Gasteiger partial charge is 0.489 e. The van der Waals surface area contributed by atoms with Crippen molar-refractivity contribution in [1.82, 2.24) is 9.97 Å². The average molecular weight is 310 g/mol. The van der Waals surface area contributed by atoms with Gasteiger partial charge in [-0.1, -0.05) is 23.4 Å². The first-order chi connectivity index (χ1) is 9.60. The van der Waals surface area contributed by atoms with Crippen molar-refractivity contribution < 1.29 is 4.74 Å². The molecule has 7 heteroatoms. The normalized spacial score (nSPS) is 16.8. The third-order valence-electron chi connectivity index (χ3n) is 2.91. The van der Waals surface area contributed by atoms with Crippen molar-refractivity contribution >= 4 is 29.2 Å². The zero-order chi connectivity index (χ0) is 14.1. The van der Waals surface area contributed by atoms with Gasteiger partial charge in [-0.05, 0) is 23.8 Å². The van der Waals surface area contributed by atoms with Crippen LogP contribution in [-0.2, 0) is 6.42 Å². The van der Waals surface area contributed by atoms with Gasteiger partial charge in [0.05, 0.1) is 0 Å². The number of anilines is 1. The van der Waals surface area contributed by atoms with E-state index in [2.05, 4.69) is 9.97 Å². The Labute approximate surface area is 124 Å². The number of benzene rings is 1. The lowest BCUT2D eigenvalue weighted by Crippen LogP contribution is -2.17. The number of halogens is 1. The SMILES string of the molecule is Nc1cc(=O)[nH]c(SCC2Cc3cc(Cl)ccc3O2)n1. The topological polar surface area (TPSA) is 81.0 Å². The van der Waals surface area contributed by atoms with Crippen molar-refractivity contribution in [2.75, 3.05) is 11.5 Å². The molecule has 1 aliphatic rings. The van der Waals surface area contributed by atoms with Crippen LogP contribution in [0.2, 0.25) is 5.02 Å². The molecule has 0 amide bonds. The van der Waals surface area contributed by atoms with Crippen molar-refractivity contribution in [2.45, 2.75) is 17.7 Å². The molecule has 5 nitrogen and oxygen atoms in total. The van der Waals surface area contributed by atoms with Crippen molar-refractivity contribution in [3.63, 3.8) is 0 Å². The van der Waals surface area contributed by atoms with Gasteiger partial charge in [-0.25, -0.2) is 4.98 Å². The first-order valence-corrected chi connectivity index (χ1v) is 7.41. The van der Waals surface area contributed by atoms with E-state index < -0.39 is 0 Å². The summed E-state index contributed by atoms with van der Waals surface area (Å²) < 4.78 is 5.81. The molecule has 1 aliphatic heterocycles. The summed E-state index contributed by atoms with van der Waals surface area (Å²) >= 11 is 7.37. The number of nitrogen functional groups attached to an aromatic ring is 1. The highest BCUT2D eigenvalue weighted by molar-refractivity contribution is 7.99. The number of nitrogens with one attached hydrogen (secondary N) is 1. The maximum absolute atomic E-state index is 11.3. The van der Waals surface area contributed by atoms with Crippen LogP contribution in [0.5, 0.6) is 5.75 Å². The number of aromatic amines is 1. The summed E-state index contributed by atoms with van der Waals surface area (Å²) in [7, 11) is 0. The fourth-order valence-electron chi connectivity index (χ4n) is 2.08. The predicted octanol–water partition coefficient (Wildman–Crippen LogP) is 2.10. The van der Waals surface area contributed by atoms with Gasteiger partial charge in [0, 0.05) is 23.3 Å². The standard InChI is InChI=1S/C13H12ClN3O2S/c14-8-1-2-10-7(3-8)4-9(19-10)6-20-13-16-11(15)5-12(18)17-13/h1-3,5,9H,4,6H2,(H3,15,16,17,18). The first kappa shape index (κ1) is 13.3. The van der Waals surface area contributed by atoms with E-state index >= 15 is 0 Å². The molecule has 0 spiro atoms. The Hall–Kier alpha value is -1.66. The Bertz CT molecular complexity index is 704. The zero-order valence-electron chi connectivity index (χ0n) is 10.4. The minimum Gasteiger partial charge on any atom is -0.489 e. The lowest BCUT2D eigenvalue weighted by Gasteiger charge is -2.09. The minimum atomic E-state index is -0.248. The summed E-state index contributed by atoms with van der Waals surface area (Å²) in [6.07, 6.45) is 0.843. The number of hydrogen-bond donors (Lipinski definition) is 2. The van der Waals surface area contributed by atoms with E-state index in [1.165, 1.54) is 17.8 Å². The van der Waals surface area contributed by atoms with E-state index in [9.17, 15) is 4.79 Å². The van der Waals surface area contributed by atoms with Gasteiger partial charge in [-0.2, -0.15) is 0 Å². The Kier molecular flexibility index (Phi) is 3.58. The predicted molar refractivity (Wildman–Crippen MR) is 79.6 cm³/mol. The molecule has 0 bridgehead atoms. The first-order valence-electron chi connectivity index (χ1n) is 6.05. The highest BCUT2D eigenvalue weighted by Crippen LogP contribution is 2.32. The number of fused-ring (bicyclic) bond motifs is 1. The molecule has 104 valence electrons. The molecule has 2 heterocycles. The van der Waals surface area contributed by atoms with Crippen LogP contribution in [-0.4, -0.2) is 21.8 Å². The van der Waals surface area contributed by atoms with E-state index in [4.69, 9.17) is 22.1 Å². The van der Waals surface area contributed by atoms with E-state index in [-0.39, 0.29) is 17.5 Å². The van der Waals surface area contributed by atoms with Gasteiger partial charge < -0.3 is 15.5 Å². The molecule has 3 rings (SSSR count). The fourth-order valence-corrected chi connectivity index (χ4v) is 3.14. The Balaban J connectivity index is 1.65. The molecule has 0 saturated heterocycles. The van der Waals surface area contributed by atoms with E-state index in [0.717, 1.165) is 17.7 Å². The van der Waals surface area contributed by atoms with Crippen LogP contribution in [0.4, 0.5) is 5.82 Å². The molecule has 2 aromatic rings. The molecule has 3 N–H and O–H groups in total. The average Bonchev–Trinajstić information content (AvgIpc) is 2.77. The van der Waals surface area contributed by atoms with Crippen molar-refractivity contribution in [2.24, 2.45) is 0 Å². The van der Waals surface area contributed by atoms with Crippen molar-refractivity contribution in [3.8, 4) is 5.75 Å². The zero-order valence-corrected chi connectivity index (χ0v) is 12.0. The van der Waals surface area contributed by atoms with Crippen LogP contribution < -0.4 is 16.0 Å². The number of ether oxygens (including phenoxy) is 1. The second-order valence-electron chi connectivity index (χ2n) is 4.48. The number of hydrogen-bond acceptors (Lipinski definition) is 5. The van der Waals surface area contributed by atoms with Gasteiger partial charge in [0.25, 0.3) is 5.56 Å². The van der Waals surface area contributed by atoms with Gasteiger partial charge in [-0.3, -0.25) is 4.79 Å². The maximum atomic E-state index is 11.3. The molecular weight excluding hydrogens is 298 g/mol. The van der Waals surface area contributed by atoms with Gasteiger partial charge in [0.1, 0.15) is 17.7 Å². The van der Waals surface area contributed by atoms with E-state index in [0.29, 0.717) is 15.9 Å². The molecule has 1 aromatic carbocycles. The van der Waals surface area contributed by atoms with Crippen LogP contribution in [0.3, 0.4) is 0 Å². The number of aromatic nitrogens is 2. The maximum Gasteiger partial charge on any atom is 0.253 e. The van der Waals surface area contributed by atoms with Crippen molar-refractivity contribution in [1.29, 1.82) is 0 Å². The van der Waals surface area contributed by atoms with Gasteiger partial charge in [-0.15, -0.1) is 0 Å². The summed E-state index contributed by atoms with van der Waals surface area (Å²) in [5.41, 5.74) is 6.40. The molecule has 0 radical (unpaired) electrons. The Morgan fingerprint density at radius 2 is 2.35 bits per heavy atom. The monoisotopic (exact) mass is 309 g/mol. The van der Waals surface area contributed by atoms with E-state index in [1.54, 1.807) is 0 Å². The highest BCUT2D eigenvalue weighted by atomic mass is 35.5. The van der Waals surface area contributed by atoms with Gasteiger partial charge >= 0.3 is 0 Å². The molecule has 1 aromatic heterocycles. The van der Waals surface area contributed by atoms with Crippen molar-refractivity contribution in [3.05, 3.63) is 45.2 Å². The number of rotatable bonds is 3. The summed E-state index contributed by atoms with van der Waals surface area (Å²) in [5.74, 6) is 1.77. The second kappa shape index (κ2) is 5.38. The van der Waals surface area contributed by atoms with E-state index in [1.807, 2.05) is 18.2 Å². The number of nitrogens with two attached hydrogens (primary N) is 1. The van der Waals surface area contributed by atoms with Crippen LogP contribution >= 0.6 is 23.4 Å². The smallest absolute Gasteiger partial charge is 0.253 e. The summed E-state index contributed by atoms with van der Waals surface area (Å²) in [5, 5.41) is 1.22. The summed E-state index contributed by atoms with van der Waals surface area (Å²) in [6.45, 7) is 0. The second-order valence-corrected chi connectivity index (χ2v) is 5.93. The van der Waals surface area contributed by atoms with Crippen LogP contribution in [0.1, 0.15) is 5.56 Å². The lowest BCUT2D eigenvalue weighted by atomic mass is 10.1. The third-order valence-corrected chi connectivity index (χ3v) is 4.15. The lowest BCUT2D eigenvalue weighted by molar-refractivity contribution is 0.259. The number of nitrogens with zero attached hydrogens (tertiary/aromatic N) is 1. The molecule has 1 atom stereocenters. The number of H-pyrrole nitrogens is 1. The quantitative estimate of drug-likeness (QED) is 0.670. The van der Waals surface area contributed by atoms with Crippen LogP contribution in [0.15, 0.2) is 34.2 Å². The Morgan fingerprint density at radius 3 is 3.15 bits per heavy atom. The minimum absolute atomic E-state index is 0.0419. The third kappa shape index (κ3) is 2.91. The highest BCUT2D eigenvalue weighted by Gasteiger charge is 2.23. The van der Waals surface area contributed by atoms with Gasteiger partial charge in [0.15, 0.2) is 5.16 Å². The molecule has 1 unspecified atom stereocenters. The Morgan fingerprint density at radius 1 is 1.50 bits per heavy atom. The van der Waals surface area contributed by atoms with Crippen LogP contribution in [0.25, 0.3) is 0 Å². The molecule has 0 saturated carbocycles. The molecule has 0 aliphatic carbocycles. The fraction of sp³-hybridized carbons (Fsp3) is 0.231. The summed E-state index contributed by atoms with van der Waals surface area (Å²) in [4.78, 5) is 18.0. The number of thioether (sulfide) groups is 1. The molecule has 20 heavy (non-hydrogen) atoms. The van der Waals surface area contributed by atoms with Gasteiger partial charge in [0.2, 0.25) is 0 Å². The van der Waals surface area contributed by atoms with Crippen LogP contribution in [0, 0.1) is 0 Å². The molecule has 0 fully saturated rings. The summed E-state index contributed by atoms with van der Waals surface area (Å²) in [6, 6.07) is 6.87. The molecular formula is C13H12ClN3O2S.